The van der Waals surface area contributed by atoms with Crippen LogP contribution in [0, 0.1) is 0 Å². The van der Waals surface area contributed by atoms with Gasteiger partial charge in [0.1, 0.15) is 18.1 Å². The van der Waals surface area contributed by atoms with Crippen molar-refractivity contribution in [2.45, 2.75) is 25.5 Å². The molecule has 2 rings (SSSR count). The Hall–Kier alpha value is -1.79. The van der Waals surface area contributed by atoms with Gasteiger partial charge in [0.2, 0.25) is 0 Å². The van der Waals surface area contributed by atoms with Crippen molar-refractivity contribution in [3.05, 3.63) is 23.8 Å². The topological polar surface area (TPSA) is 79.2 Å². The first-order valence-corrected chi connectivity index (χ1v) is 7.00. The first-order valence-electron chi connectivity index (χ1n) is 7.00. The molecule has 0 spiro atoms. The molecule has 1 fully saturated rings. The summed E-state index contributed by atoms with van der Waals surface area (Å²) in [6, 6.07) is 5.20. The number of hydrogen-bond acceptors (Lipinski definition) is 5. The summed E-state index contributed by atoms with van der Waals surface area (Å²) in [5.74, 6) is 0.0567. The summed E-state index contributed by atoms with van der Waals surface area (Å²) in [4.78, 5) is 12.7. The lowest BCUT2D eigenvalue weighted by Crippen LogP contribution is -2.37. The Morgan fingerprint density at radius 2 is 2.10 bits per heavy atom. The standard InChI is InChI=1S/C15H21NO5/c1-20-13-2-3-14(17)11(8-13)9-16-6-4-12(5-7-16)21-10-15(18)19/h2-3,8,12,17H,4-7,9-10H2,1H3,(H,18,19). The van der Waals surface area contributed by atoms with E-state index in [9.17, 15) is 9.90 Å². The maximum absolute atomic E-state index is 10.5. The molecule has 21 heavy (non-hydrogen) atoms. The van der Waals surface area contributed by atoms with E-state index in [4.69, 9.17) is 14.6 Å². The van der Waals surface area contributed by atoms with Crippen LogP contribution < -0.4 is 4.74 Å². The largest absolute Gasteiger partial charge is 0.508 e. The van der Waals surface area contributed by atoms with Gasteiger partial charge in [-0.15, -0.1) is 0 Å². The van der Waals surface area contributed by atoms with Gasteiger partial charge >= 0.3 is 5.97 Å². The molecule has 1 aliphatic heterocycles. The predicted octanol–water partition coefficient (Wildman–Crippen LogP) is 1.47. The second kappa shape index (κ2) is 7.28. The van der Waals surface area contributed by atoms with Crippen molar-refractivity contribution in [1.82, 2.24) is 4.90 Å². The number of ether oxygens (including phenoxy) is 2. The van der Waals surface area contributed by atoms with Gasteiger partial charge in [0, 0.05) is 25.2 Å². The van der Waals surface area contributed by atoms with Gasteiger partial charge in [0.25, 0.3) is 0 Å². The fourth-order valence-corrected chi connectivity index (χ4v) is 2.48. The molecule has 2 N–H and O–H groups in total. The van der Waals surface area contributed by atoms with Crippen molar-refractivity contribution < 1.29 is 24.5 Å². The second-order valence-corrected chi connectivity index (χ2v) is 5.17. The predicted molar refractivity (Wildman–Crippen MR) is 76.5 cm³/mol. The molecule has 1 aromatic rings. The van der Waals surface area contributed by atoms with E-state index in [0.29, 0.717) is 6.54 Å². The van der Waals surface area contributed by atoms with Gasteiger partial charge in [0.15, 0.2) is 0 Å². The van der Waals surface area contributed by atoms with Crippen LogP contribution in [0.25, 0.3) is 0 Å². The number of carboxylic acids is 1. The molecule has 0 saturated carbocycles. The first-order chi connectivity index (χ1) is 10.1. The van der Waals surface area contributed by atoms with Crippen LogP contribution in [0.5, 0.6) is 11.5 Å². The second-order valence-electron chi connectivity index (χ2n) is 5.17. The van der Waals surface area contributed by atoms with E-state index in [1.165, 1.54) is 0 Å². The fraction of sp³-hybridized carbons (Fsp3) is 0.533. The van der Waals surface area contributed by atoms with Crippen LogP contribution in [0.2, 0.25) is 0 Å². The minimum atomic E-state index is -0.932. The average molecular weight is 295 g/mol. The van der Waals surface area contributed by atoms with Crippen LogP contribution in [-0.2, 0) is 16.1 Å². The fourth-order valence-electron chi connectivity index (χ4n) is 2.48. The van der Waals surface area contributed by atoms with E-state index >= 15 is 0 Å². The number of phenolic OH excluding ortho intramolecular Hbond substituents is 1. The van der Waals surface area contributed by atoms with E-state index < -0.39 is 5.97 Å². The minimum Gasteiger partial charge on any atom is -0.508 e. The number of carboxylic acid groups (broad SMARTS) is 1. The van der Waals surface area contributed by atoms with E-state index in [1.807, 2.05) is 6.07 Å². The summed E-state index contributed by atoms with van der Waals surface area (Å²) in [6.45, 7) is 2.05. The van der Waals surface area contributed by atoms with E-state index in [2.05, 4.69) is 4.90 Å². The molecule has 0 aliphatic carbocycles. The molecule has 1 heterocycles. The molecule has 0 aromatic heterocycles. The maximum atomic E-state index is 10.5. The summed E-state index contributed by atoms with van der Waals surface area (Å²) < 4.78 is 10.5. The molecule has 0 atom stereocenters. The number of piperidine rings is 1. The van der Waals surface area contributed by atoms with Crippen molar-refractivity contribution >= 4 is 5.97 Å². The molecule has 0 radical (unpaired) electrons. The van der Waals surface area contributed by atoms with Gasteiger partial charge in [-0.2, -0.15) is 0 Å². The van der Waals surface area contributed by atoms with E-state index in [-0.39, 0.29) is 18.5 Å². The normalized spacial score (nSPS) is 16.8. The third kappa shape index (κ3) is 4.61. The third-order valence-corrected chi connectivity index (χ3v) is 3.66. The number of hydrogen-bond donors (Lipinski definition) is 2. The van der Waals surface area contributed by atoms with Gasteiger partial charge in [-0.1, -0.05) is 0 Å². The van der Waals surface area contributed by atoms with E-state index in [1.54, 1.807) is 19.2 Å². The summed E-state index contributed by atoms with van der Waals surface area (Å²) in [7, 11) is 1.60. The maximum Gasteiger partial charge on any atom is 0.329 e. The molecule has 0 unspecified atom stereocenters. The van der Waals surface area contributed by atoms with Gasteiger partial charge in [-0.05, 0) is 31.0 Å². The SMILES string of the molecule is COc1ccc(O)c(CN2CCC(OCC(=O)O)CC2)c1. The third-order valence-electron chi connectivity index (χ3n) is 3.66. The number of phenols is 1. The van der Waals surface area contributed by atoms with Crippen LogP contribution >= 0.6 is 0 Å². The highest BCUT2D eigenvalue weighted by molar-refractivity contribution is 5.68. The Morgan fingerprint density at radius 1 is 1.38 bits per heavy atom. The Labute approximate surface area is 123 Å². The summed E-state index contributed by atoms with van der Waals surface area (Å²) in [6.07, 6.45) is 1.62. The Morgan fingerprint density at radius 3 is 2.71 bits per heavy atom. The van der Waals surface area contributed by atoms with Gasteiger partial charge in [0.05, 0.1) is 13.2 Å². The van der Waals surface area contributed by atoms with Crippen molar-refractivity contribution in [2.75, 3.05) is 26.8 Å². The van der Waals surface area contributed by atoms with Crippen molar-refractivity contribution in [3.8, 4) is 11.5 Å². The number of aromatic hydroxyl groups is 1. The molecule has 116 valence electrons. The van der Waals surface area contributed by atoms with Crippen molar-refractivity contribution in [1.29, 1.82) is 0 Å². The van der Waals surface area contributed by atoms with Gasteiger partial charge in [-0.25, -0.2) is 4.79 Å². The lowest BCUT2D eigenvalue weighted by Gasteiger charge is -2.31. The molecule has 6 nitrogen and oxygen atoms in total. The van der Waals surface area contributed by atoms with Crippen LogP contribution in [0.15, 0.2) is 18.2 Å². The number of carbonyl (C=O) groups is 1. The highest BCUT2D eigenvalue weighted by Crippen LogP contribution is 2.25. The number of rotatable bonds is 6. The Bertz CT molecular complexity index is 483. The molecular formula is C15H21NO5. The number of nitrogens with zero attached hydrogens (tertiary/aromatic N) is 1. The highest BCUT2D eigenvalue weighted by atomic mass is 16.5. The zero-order valence-electron chi connectivity index (χ0n) is 12.1. The molecule has 0 bridgehead atoms. The van der Waals surface area contributed by atoms with Crippen molar-refractivity contribution in [2.24, 2.45) is 0 Å². The number of aliphatic carboxylic acids is 1. The zero-order chi connectivity index (χ0) is 15.2. The average Bonchev–Trinajstić information content (AvgIpc) is 2.48. The highest BCUT2D eigenvalue weighted by Gasteiger charge is 2.21. The lowest BCUT2D eigenvalue weighted by molar-refractivity contribution is -0.145. The zero-order valence-corrected chi connectivity index (χ0v) is 12.1. The van der Waals surface area contributed by atoms with Gasteiger partial charge in [-0.3, -0.25) is 4.90 Å². The Balaban J connectivity index is 1.84. The van der Waals surface area contributed by atoms with E-state index in [0.717, 1.165) is 37.2 Å². The monoisotopic (exact) mass is 295 g/mol. The molecule has 1 aromatic carbocycles. The van der Waals surface area contributed by atoms with Crippen LogP contribution in [0.4, 0.5) is 0 Å². The van der Waals surface area contributed by atoms with Crippen LogP contribution in [-0.4, -0.2) is 54.0 Å². The molecule has 0 amide bonds. The quantitative estimate of drug-likeness (QED) is 0.827. The van der Waals surface area contributed by atoms with Crippen LogP contribution in [0.3, 0.4) is 0 Å². The number of benzene rings is 1. The molecular weight excluding hydrogens is 274 g/mol. The molecule has 1 aliphatic rings. The number of likely N-dealkylation sites (tertiary alicyclic amines) is 1. The lowest BCUT2D eigenvalue weighted by atomic mass is 10.1. The summed E-state index contributed by atoms with van der Waals surface area (Å²) in [5, 5.41) is 18.5. The minimum absolute atomic E-state index is 0.0104. The van der Waals surface area contributed by atoms with Gasteiger partial charge < -0.3 is 19.7 Å². The summed E-state index contributed by atoms with van der Waals surface area (Å²) in [5.41, 5.74) is 0.833. The molecule has 6 heteroatoms. The van der Waals surface area contributed by atoms with Crippen LogP contribution in [0.1, 0.15) is 18.4 Å². The smallest absolute Gasteiger partial charge is 0.329 e. The number of methoxy groups -OCH3 is 1. The first kappa shape index (κ1) is 15.6. The Kier molecular flexibility index (Phi) is 5.41. The summed E-state index contributed by atoms with van der Waals surface area (Å²) >= 11 is 0. The molecule has 1 saturated heterocycles. The van der Waals surface area contributed by atoms with Crippen molar-refractivity contribution in [3.63, 3.8) is 0 Å².